The highest BCUT2D eigenvalue weighted by atomic mass is 35.5. The molecule has 1 aliphatic heterocycles. The maximum Gasteiger partial charge on any atom is 0.349 e. The number of hydrogen-bond acceptors (Lipinski definition) is 7. The highest BCUT2D eigenvalue weighted by Gasteiger charge is 2.32. The maximum atomic E-state index is 12.4. The monoisotopic (exact) mass is 476 g/mol. The number of carbonyl (C=O) groups is 1. The van der Waals surface area contributed by atoms with Crippen molar-refractivity contribution in [1.29, 1.82) is 5.26 Å². The molecule has 0 bridgehead atoms. The minimum Gasteiger partial charge on any atom is -0.496 e. The molecule has 0 radical (unpaired) electrons. The van der Waals surface area contributed by atoms with E-state index in [0.29, 0.717) is 27.8 Å². The zero-order chi connectivity index (χ0) is 24.2. The molecular formula is C26H21ClN2O5. The van der Waals surface area contributed by atoms with Crippen LogP contribution >= 0.6 is 11.6 Å². The number of para-hydroxylation sites is 1. The van der Waals surface area contributed by atoms with Crippen LogP contribution in [0.4, 0.5) is 0 Å². The van der Waals surface area contributed by atoms with E-state index in [0.717, 1.165) is 11.1 Å². The molecule has 0 saturated heterocycles. The molecule has 4 rings (SSSR count). The number of esters is 1. The summed E-state index contributed by atoms with van der Waals surface area (Å²) in [6.45, 7) is 1.55. The predicted molar refractivity (Wildman–Crippen MR) is 126 cm³/mol. The number of fused-ring (bicyclic) bond motifs is 1. The van der Waals surface area contributed by atoms with Gasteiger partial charge >= 0.3 is 5.97 Å². The summed E-state index contributed by atoms with van der Waals surface area (Å²) in [5.74, 6) is 0.691. The van der Waals surface area contributed by atoms with Crippen molar-refractivity contribution in [2.75, 3.05) is 13.7 Å². The second-order valence-electron chi connectivity index (χ2n) is 7.54. The lowest BCUT2D eigenvalue weighted by molar-refractivity contribution is -0.136. The number of benzene rings is 3. The van der Waals surface area contributed by atoms with E-state index in [1.807, 2.05) is 31.2 Å². The molecule has 1 aliphatic rings. The summed E-state index contributed by atoms with van der Waals surface area (Å²) in [6, 6.07) is 19.6. The van der Waals surface area contributed by atoms with E-state index in [2.05, 4.69) is 6.07 Å². The number of halogens is 1. The van der Waals surface area contributed by atoms with Crippen molar-refractivity contribution in [3.63, 3.8) is 0 Å². The van der Waals surface area contributed by atoms with Crippen LogP contribution in [-0.4, -0.2) is 19.7 Å². The van der Waals surface area contributed by atoms with E-state index < -0.39 is 11.9 Å². The van der Waals surface area contributed by atoms with E-state index in [4.69, 9.17) is 36.3 Å². The second kappa shape index (κ2) is 9.77. The highest BCUT2D eigenvalue weighted by molar-refractivity contribution is 6.30. The van der Waals surface area contributed by atoms with Gasteiger partial charge in [-0.1, -0.05) is 35.9 Å². The van der Waals surface area contributed by atoms with Crippen LogP contribution in [0.15, 0.2) is 72.1 Å². The van der Waals surface area contributed by atoms with Gasteiger partial charge in [0, 0.05) is 22.2 Å². The van der Waals surface area contributed by atoms with Crippen LogP contribution in [0.3, 0.4) is 0 Å². The number of ether oxygens (including phenoxy) is 4. The second-order valence-corrected chi connectivity index (χ2v) is 7.98. The third-order valence-corrected chi connectivity index (χ3v) is 5.59. The molecule has 0 aliphatic carbocycles. The molecule has 0 aromatic heterocycles. The normalized spacial score (nSPS) is 14.5. The molecule has 1 unspecified atom stereocenters. The number of rotatable bonds is 6. The number of nitrogens with two attached hydrogens (primary N) is 1. The summed E-state index contributed by atoms with van der Waals surface area (Å²) in [6.07, 6.45) is 0. The van der Waals surface area contributed by atoms with Crippen LogP contribution in [-0.2, 0) is 4.79 Å². The number of allylic oxidation sites excluding steroid dienone is 1. The van der Waals surface area contributed by atoms with E-state index in [9.17, 15) is 10.1 Å². The highest BCUT2D eigenvalue weighted by Crippen LogP contribution is 2.45. The van der Waals surface area contributed by atoms with E-state index in [1.54, 1.807) is 43.5 Å². The summed E-state index contributed by atoms with van der Waals surface area (Å²) >= 11 is 5.94. The molecule has 2 N–H and O–H groups in total. The van der Waals surface area contributed by atoms with Crippen molar-refractivity contribution in [3.05, 3.63) is 93.8 Å². The standard InChI is InChI=1S/C26H21ClN2O5/c1-15-11-16(27)7-10-21(15)32-14-24(30)33-17-8-9-19-23(12-17)34-26(29)20(13-28)25(19)18-5-3-4-6-22(18)31-2/h3-12,25H,14,29H2,1-2H3. The molecule has 1 heterocycles. The molecule has 8 heteroatoms. The van der Waals surface area contributed by atoms with E-state index in [1.165, 1.54) is 0 Å². The minimum atomic E-state index is -0.590. The Morgan fingerprint density at radius 2 is 1.91 bits per heavy atom. The van der Waals surface area contributed by atoms with E-state index in [-0.39, 0.29) is 23.8 Å². The topological polar surface area (TPSA) is 104 Å². The lowest BCUT2D eigenvalue weighted by atomic mass is 9.83. The number of hydrogen-bond donors (Lipinski definition) is 1. The van der Waals surface area contributed by atoms with Crippen LogP contribution in [0.2, 0.25) is 5.02 Å². The molecule has 3 aromatic rings. The average molecular weight is 477 g/mol. The quantitative estimate of drug-likeness (QED) is 0.400. The first-order chi connectivity index (χ1) is 16.4. The molecular weight excluding hydrogens is 456 g/mol. The fourth-order valence-corrected chi connectivity index (χ4v) is 4.02. The van der Waals surface area contributed by atoms with Gasteiger partial charge in [0.25, 0.3) is 0 Å². The van der Waals surface area contributed by atoms with Crippen LogP contribution < -0.4 is 24.7 Å². The number of nitriles is 1. The number of nitrogens with zero attached hydrogens (tertiary/aromatic N) is 1. The summed E-state index contributed by atoms with van der Waals surface area (Å²) in [5, 5.41) is 10.3. The zero-order valence-electron chi connectivity index (χ0n) is 18.5. The Hall–Kier alpha value is -4.15. The fraction of sp³-hybridized carbons (Fsp3) is 0.154. The molecule has 1 atom stereocenters. The van der Waals surface area contributed by atoms with Gasteiger partial charge in [0.15, 0.2) is 6.61 Å². The molecule has 3 aromatic carbocycles. The Morgan fingerprint density at radius 3 is 2.65 bits per heavy atom. The predicted octanol–water partition coefficient (Wildman–Crippen LogP) is 4.86. The Bertz CT molecular complexity index is 1330. The lowest BCUT2D eigenvalue weighted by Crippen LogP contribution is -2.22. The van der Waals surface area contributed by atoms with Gasteiger partial charge in [-0.25, -0.2) is 4.79 Å². The summed E-state index contributed by atoms with van der Waals surface area (Å²) in [4.78, 5) is 12.4. The number of carbonyl (C=O) groups excluding carboxylic acids is 1. The van der Waals surface area contributed by atoms with Gasteiger partial charge in [-0.2, -0.15) is 5.26 Å². The summed E-state index contributed by atoms with van der Waals surface area (Å²) < 4.78 is 22.2. The van der Waals surface area contributed by atoms with Gasteiger partial charge in [0.1, 0.15) is 34.6 Å². The van der Waals surface area contributed by atoms with Crippen molar-refractivity contribution in [3.8, 4) is 29.1 Å². The third kappa shape index (κ3) is 4.63. The summed E-state index contributed by atoms with van der Waals surface area (Å²) in [5.41, 5.74) is 8.61. The van der Waals surface area contributed by atoms with Gasteiger partial charge in [-0.15, -0.1) is 0 Å². The van der Waals surface area contributed by atoms with Gasteiger partial charge < -0.3 is 24.7 Å². The number of aryl methyl sites for hydroxylation is 1. The molecule has 34 heavy (non-hydrogen) atoms. The van der Waals surface area contributed by atoms with Crippen molar-refractivity contribution in [1.82, 2.24) is 0 Å². The number of methoxy groups -OCH3 is 1. The molecule has 0 spiro atoms. The first-order valence-electron chi connectivity index (χ1n) is 10.4. The molecule has 0 amide bonds. The Kier molecular flexibility index (Phi) is 6.62. The summed E-state index contributed by atoms with van der Waals surface area (Å²) in [7, 11) is 1.56. The van der Waals surface area contributed by atoms with Gasteiger partial charge in [0.2, 0.25) is 5.88 Å². The largest absolute Gasteiger partial charge is 0.496 e. The van der Waals surface area contributed by atoms with Gasteiger partial charge in [0.05, 0.1) is 13.0 Å². The minimum absolute atomic E-state index is 0.0177. The van der Waals surface area contributed by atoms with Gasteiger partial charge in [-0.3, -0.25) is 0 Å². The zero-order valence-corrected chi connectivity index (χ0v) is 19.3. The molecule has 7 nitrogen and oxygen atoms in total. The lowest BCUT2D eigenvalue weighted by Gasteiger charge is -2.27. The van der Waals surface area contributed by atoms with Crippen LogP contribution in [0.1, 0.15) is 22.6 Å². The third-order valence-electron chi connectivity index (χ3n) is 5.35. The van der Waals surface area contributed by atoms with Crippen molar-refractivity contribution < 1.29 is 23.7 Å². The molecule has 0 saturated carbocycles. The van der Waals surface area contributed by atoms with Crippen molar-refractivity contribution in [2.24, 2.45) is 5.73 Å². The average Bonchev–Trinajstić information content (AvgIpc) is 2.82. The smallest absolute Gasteiger partial charge is 0.349 e. The Balaban J connectivity index is 1.56. The fourth-order valence-electron chi connectivity index (χ4n) is 3.80. The van der Waals surface area contributed by atoms with Crippen molar-refractivity contribution in [2.45, 2.75) is 12.8 Å². The van der Waals surface area contributed by atoms with Crippen LogP contribution in [0.25, 0.3) is 0 Å². The molecule has 172 valence electrons. The van der Waals surface area contributed by atoms with Gasteiger partial charge in [-0.05, 0) is 42.8 Å². The molecule has 0 fully saturated rings. The van der Waals surface area contributed by atoms with Crippen molar-refractivity contribution >= 4 is 17.6 Å². The van der Waals surface area contributed by atoms with E-state index >= 15 is 0 Å². The maximum absolute atomic E-state index is 12.4. The van der Waals surface area contributed by atoms with Crippen LogP contribution in [0, 0.1) is 18.3 Å². The Labute approximate surface area is 201 Å². The SMILES string of the molecule is COc1ccccc1C1C(C#N)=C(N)Oc2cc(OC(=O)COc3ccc(Cl)cc3C)ccc21. The first kappa shape index (κ1) is 23.0. The van der Waals surface area contributed by atoms with Crippen LogP contribution in [0.5, 0.6) is 23.0 Å². The Morgan fingerprint density at radius 1 is 1.12 bits per heavy atom. The first-order valence-corrected chi connectivity index (χ1v) is 10.7.